The van der Waals surface area contributed by atoms with Gasteiger partial charge in [-0.05, 0) is 37.0 Å². The molecule has 1 aliphatic rings. The Bertz CT molecular complexity index is 1010. The van der Waals surface area contributed by atoms with Crippen LogP contribution in [0.5, 0.6) is 0 Å². The first-order chi connectivity index (χ1) is 14.1. The van der Waals surface area contributed by atoms with Gasteiger partial charge in [0.2, 0.25) is 0 Å². The summed E-state index contributed by atoms with van der Waals surface area (Å²) in [7, 11) is 1.74. The summed E-state index contributed by atoms with van der Waals surface area (Å²) in [4.78, 5) is 32.1. The highest BCUT2D eigenvalue weighted by molar-refractivity contribution is 6.06. The first-order valence-corrected chi connectivity index (χ1v) is 9.90. The van der Waals surface area contributed by atoms with Gasteiger partial charge in [-0.25, -0.2) is 4.98 Å². The first kappa shape index (κ1) is 18.9. The van der Waals surface area contributed by atoms with Crippen LogP contribution in [0, 0.1) is 0 Å². The number of imidazole rings is 1. The van der Waals surface area contributed by atoms with Gasteiger partial charge in [-0.3, -0.25) is 9.59 Å². The number of hydrogen-bond donors (Lipinski definition) is 1. The van der Waals surface area contributed by atoms with Gasteiger partial charge in [0, 0.05) is 25.8 Å². The summed E-state index contributed by atoms with van der Waals surface area (Å²) < 4.78 is 1.91. The fourth-order valence-corrected chi connectivity index (χ4v) is 3.67. The number of aromatic nitrogens is 2. The van der Waals surface area contributed by atoms with Crippen molar-refractivity contribution in [3.8, 4) is 0 Å². The summed E-state index contributed by atoms with van der Waals surface area (Å²) in [6.07, 6.45) is 2.72. The normalized spacial score (nSPS) is 12.9. The van der Waals surface area contributed by atoms with E-state index in [0.29, 0.717) is 24.6 Å². The van der Waals surface area contributed by atoms with Crippen molar-refractivity contribution in [3.05, 3.63) is 83.4 Å². The molecule has 2 amide bonds. The van der Waals surface area contributed by atoms with Gasteiger partial charge in [-0.15, -0.1) is 0 Å². The zero-order valence-electron chi connectivity index (χ0n) is 16.5. The molecule has 2 aromatic carbocycles. The number of nitrogens with zero attached hydrogens (tertiary/aromatic N) is 3. The molecule has 148 valence electrons. The van der Waals surface area contributed by atoms with Gasteiger partial charge >= 0.3 is 0 Å². The number of para-hydroxylation sites is 1. The van der Waals surface area contributed by atoms with Crippen LogP contribution in [0.25, 0.3) is 0 Å². The predicted octanol–water partition coefficient (Wildman–Crippen LogP) is 3.43. The van der Waals surface area contributed by atoms with Crippen molar-refractivity contribution in [1.82, 2.24) is 14.9 Å². The van der Waals surface area contributed by atoms with Crippen molar-refractivity contribution in [1.29, 1.82) is 0 Å². The zero-order chi connectivity index (χ0) is 20.2. The number of benzene rings is 2. The molecule has 0 unspecified atom stereocenters. The maximum atomic E-state index is 13.2. The highest BCUT2D eigenvalue weighted by Crippen LogP contribution is 2.24. The second-order valence-electron chi connectivity index (χ2n) is 7.21. The van der Waals surface area contributed by atoms with Gasteiger partial charge in [-0.2, -0.15) is 0 Å². The lowest BCUT2D eigenvalue weighted by atomic mass is 10.1. The molecule has 0 atom stereocenters. The van der Waals surface area contributed by atoms with E-state index in [4.69, 9.17) is 0 Å². The molecule has 6 nitrogen and oxygen atoms in total. The van der Waals surface area contributed by atoms with Crippen molar-refractivity contribution in [2.24, 2.45) is 0 Å². The molecule has 0 spiro atoms. The van der Waals surface area contributed by atoms with Crippen molar-refractivity contribution in [3.63, 3.8) is 0 Å². The lowest BCUT2D eigenvalue weighted by Gasteiger charge is -2.19. The van der Waals surface area contributed by atoms with Crippen LogP contribution in [-0.2, 0) is 19.5 Å². The lowest BCUT2D eigenvalue weighted by molar-refractivity contribution is 0.0935. The van der Waals surface area contributed by atoms with E-state index in [1.807, 2.05) is 65.2 Å². The molecular weight excluding hydrogens is 364 g/mol. The number of hydrogen-bond acceptors (Lipinski definition) is 3. The monoisotopic (exact) mass is 388 g/mol. The minimum atomic E-state index is -0.251. The summed E-state index contributed by atoms with van der Waals surface area (Å²) in [5.74, 6) is -0.122. The Hall–Kier alpha value is -3.41. The van der Waals surface area contributed by atoms with Crippen molar-refractivity contribution < 1.29 is 9.59 Å². The molecular formula is C23H24N4O2. The smallest absolute Gasteiger partial charge is 0.287 e. The van der Waals surface area contributed by atoms with Crippen LogP contribution in [0.1, 0.15) is 45.2 Å². The quantitative estimate of drug-likeness (QED) is 0.728. The maximum absolute atomic E-state index is 13.2. The third kappa shape index (κ3) is 3.92. The Morgan fingerprint density at radius 2 is 1.72 bits per heavy atom. The molecule has 2 heterocycles. The van der Waals surface area contributed by atoms with Crippen LogP contribution >= 0.6 is 0 Å². The molecule has 1 aromatic heterocycles. The molecule has 6 heteroatoms. The first-order valence-electron chi connectivity index (χ1n) is 9.90. The molecule has 4 rings (SSSR count). The number of carbonyl (C=O) groups is 2. The van der Waals surface area contributed by atoms with Crippen molar-refractivity contribution in [2.75, 3.05) is 11.9 Å². The van der Waals surface area contributed by atoms with E-state index >= 15 is 0 Å². The third-order valence-electron chi connectivity index (χ3n) is 5.27. The van der Waals surface area contributed by atoms with Crippen molar-refractivity contribution >= 4 is 17.5 Å². The average molecular weight is 388 g/mol. The number of fused-ring (bicyclic) bond motifs is 1. The highest BCUT2D eigenvalue weighted by Gasteiger charge is 2.29. The minimum Gasteiger partial charge on any atom is -0.345 e. The van der Waals surface area contributed by atoms with Crippen LogP contribution in [-0.4, -0.2) is 28.4 Å². The van der Waals surface area contributed by atoms with Crippen LogP contribution < -0.4 is 10.2 Å². The van der Waals surface area contributed by atoms with Crippen LogP contribution in [0.2, 0.25) is 0 Å². The summed E-state index contributed by atoms with van der Waals surface area (Å²) >= 11 is 0. The Balaban J connectivity index is 1.60. The summed E-state index contributed by atoms with van der Waals surface area (Å²) in [5.41, 5.74) is 3.05. The fourth-order valence-electron chi connectivity index (χ4n) is 3.67. The molecule has 0 radical (unpaired) electrons. The van der Waals surface area contributed by atoms with Crippen LogP contribution in [0.3, 0.4) is 0 Å². The SMILES string of the molecule is CN(C(=O)c1nc(C(=O)NCc2ccccc2)n2c1CCCC2)c1ccccc1. The molecule has 0 saturated carbocycles. The second kappa shape index (κ2) is 8.31. The van der Waals surface area contributed by atoms with E-state index in [1.165, 1.54) is 0 Å². The van der Waals surface area contributed by atoms with Crippen LogP contribution in [0.4, 0.5) is 5.69 Å². The minimum absolute atomic E-state index is 0.191. The van der Waals surface area contributed by atoms with E-state index in [1.54, 1.807) is 11.9 Å². The number of anilines is 1. The third-order valence-corrected chi connectivity index (χ3v) is 5.27. The van der Waals surface area contributed by atoms with E-state index < -0.39 is 0 Å². The maximum Gasteiger partial charge on any atom is 0.287 e. The number of nitrogens with one attached hydrogen (secondary N) is 1. The number of carbonyl (C=O) groups excluding carboxylic acids is 2. The standard InChI is InChI=1S/C23H24N4O2/c1-26(18-12-6-3-7-13-18)23(29)20-19-14-8-9-15-27(19)21(25-20)22(28)24-16-17-10-4-2-5-11-17/h2-7,10-13H,8-9,14-16H2,1H3,(H,24,28). The molecule has 0 bridgehead atoms. The fraction of sp³-hybridized carbons (Fsp3) is 0.261. The van der Waals surface area contributed by atoms with E-state index in [0.717, 1.165) is 36.2 Å². The topological polar surface area (TPSA) is 67.2 Å². The Kier molecular flexibility index (Phi) is 5.42. The molecule has 0 fully saturated rings. The van der Waals surface area contributed by atoms with E-state index in [2.05, 4.69) is 10.3 Å². The predicted molar refractivity (Wildman–Crippen MR) is 112 cm³/mol. The molecule has 1 N–H and O–H groups in total. The number of amides is 2. The van der Waals surface area contributed by atoms with Gasteiger partial charge in [0.15, 0.2) is 11.5 Å². The Morgan fingerprint density at radius 3 is 2.45 bits per heavy atom. The van der Waals surface area contributed by atoms with E-state index in [9.17, 15) is 9.59 Å². The van der Waals surface area contributed by atoms with Gasteiger partial charge < -0.3 is 14.8 Å². The largest absolute Gasteiger partial charge is 0.345 e. The van der Waals surface area contributed by atoms with Crippen molar-refractivity contribution in [2.45, 2.75) is 32.4 Å². The summed E-state index contributed by atoms with van der Waals surface area (Å²) in [6.45, 7) is 1.13. The molecule has 0 aliphatic carbocycles. The van der Waals surface area contributed by atoms with Gasteiger partial charge in [0.1, 0.15) is 0 Å². The molecule has 3 aromatic rings. The highest BCUT2D eigenvalue weighted by atomic mass is 16.2. The molecule has 0 saturated heterocycles. The molecule has 29 heavy (non-hydrogen) atoms. The van der Waals surface area contributed by atoms with Gasteiger partial charge in [0.25, 0.3) is 11.8 Å². The lowest BCUT2D eigenvalue weighted by Crippen LogP contribution is -2.28. The summed E-state index contributed by atoms with van der Waals surface area (Å²) in [5, 5.41) is 2.93. The molecule has 1 aliphatic heterocycles. The average Bonchev–Trinajstić information content (AvgIpc) is 3.17. The second-order valence-corrected chi connectivity index (χ2v) is 7.21. The van der Waals surface area contributed by atoms with Crippen LogP contribution in [0.15, 0.2) is 60.7 Å². The summed E-state index contributed by atoms with van der Waals surface area (Å²) in [6, 6.07) is 19.2. The van der Waals surface area contributed by atoms with E-state index in [-0.39, 0.29) is 11.8 Å². The Morgan fingerprint density at radius 1 is 1.03 bits per heavy atom. The number of rotatable bonds is 5. The van der Waals surface area contributed by atoms with Gasteiger partial charge in [0.05, 0.1) is 5.69 Å². The Labute approximate surface area is 170 Å². The van der Waals surface area contributed by atoms with Gasteiger partial charge in [-0.1, -0.05) is 48.5 Å². The zero-order valence-corrected chi connectivity index (χ0v) is 16.5.